The smallest absolute Gasteiger partial charge is 0.261 e. The number of ether oxygens (including phenoxy) is 4. The summed E-state index contributed by atoms with van der Waals surface area (Å²) in [5, 5.41) is 6.60. The summed E-state index contributed by atoms with van der Waals surface area (Å²) in [5.74, 6) is 7.01. The molecule has 9 rings (SSSR count). The summed E-state index contributed by atoms with van der Waals surface area (Å²) in [4.78, 5) is 61.7. The molecule has 2 atom stereocenters. The van der Waals surface area contributed by atoms with E-state index in [0.717, 1.165) is 45.8 Å². The minimum absolute atomic E-state index is 0.0283. The summed E-state index contributed by atoms with van der Waals surface area (Å²) in [5.41, 5.74) is 10.3. The minimum atomic E-state index is -0.206. The third kappa shape index (κ3) is 10.4. The van der Waals surface area contributed by atoms with Crippen LogP contribution >= 0.6 is 21.6 Å². The van der Waals surface area contributed by atoms with Gasteiger partial charge in [0.15, 0.2) is 23.0 Å². The van der Waals surface area contributed by atoms with Gasteiger partial charge in [-0.25, -0.2) is 5.84 Å². The minimum Gasteiger partial charge on any atom is -0.493 e. The van der Waals surface area contributed by atoms with Crippen molar-refractivity contribution in [2.75, 3.05) is 47.0 Å². The fourth-order valence-corrected chi connectivity index (χ4v) is 11.8. The molecule has 0 aliphatic carbocycles. The van der Waals surface area contributed by atoms with Crippen LogP contribution in [0.4, 0.5) is 28.4 Å². The van der Waals surface area contributed by atoms with Crippen molar-refractivity contribution >= 4 is 79.9 Å². The van der Waals surface area contributed by atoms with Crippen molar-refractivity contribution in [3.8, 4) is 23.0 Å². The largest absolute Gasteiger partial charge is 0.493 e. The molecule has 4 aliphatic heterocycles. The lowest BCUT2D eigenvalue weighted by molar-refractivity contribution is -0.121. The van der Waals surface area contributed by atoms with E-state index < -0.39 is 0 Å². The Bertz CT molecular complexity index is 2840. The van der Waals surface area contributed by atoms with E-state index >= 15 is 0 Å². The van der Waals surface area contributed by atoms with Crippen molar-refractivity contribution in [2.24, 2.45) is 10.8 Å². The number of carbonyl (C=O) groups excluding carboxylic acids is 4. The molecule has 4 aliphatic rings. The Morgan fingerprint density at radius 3 is 2.12 bits per heavy atom. The molecule has 358 valence electrons. The van der Waals surface area contributed by atoms with Crippen LogP contribution in [0.1, 0.15) is 82.5 Å². The van der Waals surface area contributed by atoms with Crippen molar-refractivity contribution in [3.63, 3.8) is 0 Å². The number of hydrazine groups is 1. The van der Waals surface area contributed by atoms with E-state index in [2.05, 4.69) is 36.0 Å². The number of rotatable bonds is 18. The average Bonchev–Trinajstić information content (AvgIpc) is 3.85. The maximum Gasteiger partial charge on any atom is 0.261 e. The Balaban J connectivity index is 0.935. The second kappa shape index (κ2) is 20.5. The predicted molar refractivity (Wildman–Crippen MR) is 273 cm³/mol. The first kappa shape index (κ1) is 47.4. The third-order valence-corrected chi connectivity index (χ3v) is 16.1. The number of hydrogen-bond acceptors (Lipinski definition) is 13. The van der Waals surface area contributed by atoms with Gasteiger partial charge in [0.1, 0.15) is 13.2 Å². The zero-order valence-corrected chi connectivity index (χ0v) is 40.6. The molecule has 0 radical (unpaired) electrons. The summed E-state index contributed by atoms with van der Waals surface area (Å²) in [6.45, 7) is 4.94. The molecule has 0 aromatic heterocycles. The van der Waals surface area contributed by atoms with Crippen molar-refractivity contribution in [2.45, 2.75) is 82.4 Å². The number of anilines is 4. The molecular formula is C52H55N7O8S2. The number of para-hydroxylation sites is 2. The standard InChI is InChI=1S/C52H55N7O8S2/c1-52(2,69-68-17-9-14-49(61)57-53)16-15-48(60)56-35-19-31(29-66-46-25-40-38(23-44(46)64-3)50(62)58-36(27-54-40)21-33-10-5-7-12-42(33)58)18-32(20-35)30-67-47-26-41-39(24-45(47)65-4)51(63)59-37(28-55-41)22-34-11-6-8-13-43(34)59/h5-8,10-13,18-20,23-27,36-37,55H,9,14-17,21-22,28-30,53H2,1-4H3,(H,56,60)(H,57,61)/t36-,37-/m0/s1. The second-order valence-electron chi connectivity index (χ2n) is 18.0. The van der Waals surface area contributed by atoms with Crippen LogP contribution in [0.5, 0.6) is 23.0 Å². The number of benzene rings is 5. The van der Waals surface area contributed by atoms with Crippen LogP contribution in [0, 0.1) is 0 Å². The molecule has 0 saturated carbocycles. The number of nitrogens with one attached hydrogen (secondary N) is 3. The monoisotopic (exact) mass is 969 g/mol. The van der Waals surface area contributed by atoms with Crippen molar-refractivity contribution in [1.29, 1.82) is 0 Å². The van der Waals surface area contributed by atoms with Gasteiger partial charge in [0.25, 0.3) is 11.8 Å². The summed E-state index contributed by atoms with van der Waals surface area (Å²) in [7, 11) is 6.45. The van der Waals surface area contributed by atoms with Crippen LogP contribution in [0.15, 0.2) is 96.0 Å². The molecule has 4 amide bonds. The van der Waals surface area contributed by atoms with Crippen molar-refractivity contribution in [3.05, 3.63) is 124 Å². The van der Waals surface area contributed by atoms with E-state index in [0.29, 0.717) is 83.4 Å². The third-order valence-electron chi connectivity index (χ3n) is 12.6. The van der Waals surface area contributed by atoms with Crippen LogP contribution in [0.2, 0.25) is 0 Å². The molecule has 4 heterocycles. The molecule has 17 heteroatoms. The van der Waals surface area contributed by atoms with Gasteiger partial charge in [-0.05, 0) is 97.8 Å². The first-order valence-electron chi connectivity index (χ1n) is 23.0. The molecule has 0 unspecified atom stereocenters. The van der Waals surface area contributed by atoms with Gasteiger partial charge in [-0.3, -0.25) is 34.5 Å². The van der Waals surface area contributed by atoms with Crippen LogP contribution in [-0.4, -0.2) is 73.2 Å². The number of amides is 4. The van der Waals surface area contributed by atoms with Crippen LogP contribution < -0.4 is 50.6 Å². The van der Waals surface area contributed by atoms with Crippen LogP contribution in [-0.2, 0) is 35.6 Å². The summed E-state index contributed by atoms with van der Waals surface area (Å²) in [6.07, 6.45) is 5.22. The Hall–Kier alpha value is -6.69. The molecular weight excluding hydrogens is 915 g/mol. The molecule has 0 fully saturated rings. The predicted octanol–water partition coefficient (Wildman–Crippen LogP) is 8.80. The number of nitrogens with two attached hydrogens (primary N) is 1. The zero-order chi connectivity index (χ0) is 48.2. The molecule has 15 nitrogen and oxygen atoms in total. The maximum absolute atomic E-state index is 14.1. The van der Waals surface area contributed by atoms with E-state index in [1.165, 1.54) is 7.11 Å². The van der Waals surface area contributed by atoms with Crippen molar-refractivity contribution < 1.29 is 38.1 Å². The highest BCUT2D eigenvalue weighted by molar-refractivity contribution is 8.77. The zero-order valence-electron chi connectivity index (χ0n) is 39.0. The van der Waals surface area contributed by atoms with E-state index in [4.69, 9.17) is 29.8 Å². The first-order valence-corrected chi connectivity index (χ1v) is 25.3. The quantitative estimate of drug-likeness (QED) is 0.0215. The fraction of sp³-hybridized carbons (Fsp3) is 0.327. The number of fused-ring (bicyclic) bond motifs is 8. The SMILES string of the molecule is COc1cc2c(cc1OCc1cc(COc3cc4c(cc3OC)C(=O)N3c5ccccc5C[C@H]3CN4)cc(NC(=O)CCC(C)(C)SSCCCC(=O)NN)c1)N=C[C@@H]1Cc3ccccc3N1C2=O. The van der Waals surface area contributed by atoms with Gasteiger partial charge in [0.2, 0.25) is 11.8 Å². The second-order valence-corrected chi connectivity index (χ2v) is 21.1. The number of hydrogen-bond donors (Lipinski definition) is 4. The van der Waals surface area contributed by atoms with Crippen molar-refractivity contribution in [1.82, 2.24) is 5.43 Å². The number of carbonyl (C=O) groups is 4. The Labute approximate surface area is 409 Å². The van der Waals surface area contributed by atoms with Gasteiger partial charge in [-0.15, -0.1) is 0 Å². The van der Waals surface area contributed by atoms with E-state index in [1.54, 1.807) is 51.8 Å². The summed E-state index contributed by atoms with van der Waals surface area (Å²) in [6, 6.07) is 28.3. The first-order chi connectivity index (χ1) is 33.4. The topological polar surface area (TPSA) is 186 Å². The highest BCUT2D eigenvalue weighted by Crippen LogP contribution is 2.44. The van der Waals surface area contributed by atoms with E-state index in [1.807, 2.05) is 77.8 Å². The molecule has 5 aromatic carbocycles. The van der Waals surface area contributed by atoms with E-state index in [9.17, 15) is 19.2 Å². The molecule has 5 N–H and O–H groups in total. The van der Waals surface area contributed by atoms with Gasteiger partial charge in [0.05, 0.1) is 48.8 Å². The van der Waals surface area contributed by atoms with Gasteiger partial charge < -0.3 is 34.5 Å². The number of methoxy groups -OCH3 is 2. The van der Waals surface area contributed by atoms with Crippen LogP contribution in [0.3, 0.4) is 0 Å². The number of nitrogens with zero attached hydrogens (tertiary/aromatic N) is 3. The van der Waals surface area contributed by atoms with Gasteiger partial charge >= 0.3 is 0 Å². The lowest BCUT2D eigenvalue weighted by Gasteiger charge is -2.23. The fourth-order valence-electron chi connectivity index (χ4n) is 9.17. The number of aliphatic imine (C=N–C) groups is 1. The molecule has 69 heavy (non-hydrogen) atoms. The summed E-state index contributed by atoms with van der Waals surface area (Å²) >= 11 is 0. The lowest BCUT2D eigenvalue weighted by atomic mass is 10.1. The lowest BCUT2D eigenvalue weighted by Crippen LogP contribution is -2.39. The van der Waals surface area contributed by atoms with Gasteiger partial charge in [-0.1, -0.05) is 58.0 Å². The van der Waals surface area contributed by atoms with E-state index in [-0.39, 0.29) is 60.1 Å². The Morgan fingerprint density at radius 1 is 0.783 bits per heavy atom. The Kier molecular flexibility index (Phi) is 14.1. The van der Waals surface area contributed by atoms with Crippen LogP contribution in [0.25, 0.3) is 0 Å². The summed E-state index contributed by atoms with van der Waals surface area (Å²) < 4.78 is 24.3. The maximum atomic E-state index is 14.1. The highest BCUT2D eigenvalue weighted by atomic mass is 33.1. The Morgan fingerprint density at radius 2 is 1.42 bits per heavy atom. The molecule has 0 spiro atoms. The normalized spacial score (nSPS) is 16.4. The molecule has 0 saturated heterocycles. The highest BCUT2D eigenvalue weighted by Gasteiger charge is 2.39. The van der Waals surface area contributed by atoms with Gasteiger partial charge in [-0.2, -0.15) is 0 Å². The molecule has 5 aromatic rings. The average molecular weight is 970 g/mol. The van der Waals surface area contributed by atoms with Gasteiger partial charge in [0, 0.05) is 71.7 Å². The molecule has 0 bridgehead atoms.